The second-order valence-corrected chi connectivity index (χ2v) is 11.0. The molecule has 0 unspecified atom stereocenters. The van der Waals surface area contributed by atoms with Crippen LogP contribution < -0.4 is 4.74 Å². The predicted octanol–water partition coefficient (Wildman–Crippen LogP) is 6.85. The van der Waals surface area contributed by atoms with Gasteiger partial charge in [0, 0.05) is 6.42 Å². The quantitative estimate of drug-likeness (QED) is 0.324. The van der Waals surface area contributed by atoms with Crippen molar-refractivity contribution in [1.82, 2.24) is 4.90 Å². The van der Waals surface area contributed by atoms with Crippen molar-refractivity contribution in [3.05, 3.63) is 54.1 Å². The molecule has 2 aliphatic carbocycles. The minimum absolute atomic E-state index is 0.198. The Hall–Kier alpha value is -3.15. The molecule has 0 aromatic heterocycles. The van der Waals surface area contributed by atoms with Gasteiger partial charge in [0.15, 0.2) is 0 Å². The van der Waals surface area contributed by atoms with Crippen molar-refractivity contribution in [3.63, 3.8) is 0 Å². The number of unbranched alkanes of at least 4 members (excludes halogenated alkanes) is 1. The highest BCUT2D eigenvalue weighted by Gasteiger charge is 2.49. The number of carbonyl (C=O) groups is 2. The zero-order valence-corrected chi connectivity index (χ0v) is 22.8. The molecule has 202 valence electrons. The minimum atomic E-state index is -0.854. The normalized spacial score (nSPS) is 19.7. The van der Waals surface area contributed by atoms with E-state index in [-0.39, 0.29) is 11.9 Å². The zero-order valence-electron chi connectivity index (χ0n) is 22.8. The van der Waals surface area contributed by atoms with E-state index in [0.717, 1.165) is 73.9 Å². The lowest BCUT2D eigenvalue weighted by atomic mass is 9.80. The maximum absolute atomic E-state index is 13.6. The van der Waals surface area contributed by atoms with E-state index in [1.807, 2.05) is 36.1 Å². The van der Waals surface area contributed by atoms with Crippen LogP contribution in [0.3, 0.4) is 0 Å². The first-order valence-corrected chi connectivity index (χ1v) is 14.4. The highest BCUT2D eigenvalue weighted by molar-refractivity contribution is 6.08. The first kappa shape index (κ1) is 26.5. The van der Waals surface area contributed by atoms with Gasteiger partial charge in [0.1, 0.15) is 17.1 Å². The van der Waals surface area contributed by atoms with E-state index in [4.69, 9.17) is 14.5 Å². The first-order chi connectivity index (χ1) is 18.5. The monoisotopic (exact) mass is 516 g/mol. The fraction of sp³-hybridized carbons (Fsp3) is 0.531. The number of benzene rings is 2. The third-order valence-corrected chi connectivity index (χ3v) is 8.32. The first-order valence-electron chi connectivity index (χ1n) is 14.4. The van der Waals surface area contributed by atoms with E-state index in [1.165, 1.54) is 6.42 Å². The highest BCUT2D eigenvalue weighted by Crippen LogP contribution is 2.40. The Kier molecular flexibility index (Phi) is 7.87. The average molecular weight is 517 g/mol. The van der Waals surface area contributed by atoms with Gasteiger partial charge in [-0.3, -0.25) is 14.7 Å². The summed E-state index contributed by atoms with van der Waals surface area (Å²) < 4.78 is 11.5. The number of ether oxygens (including phenoxy) is 2. The fourth-order valence-corrected chi connectivity index (χ4v) is 5.93. The Balaban J connectivity index is 1.30. The summed E-state index contributed by atoms with van der Waals surface area (Å²) in [5.41, 5.74) is 1.82. The van der Waals surface area contributed by atoms with Gasteiger partial charge in [-0.2, -0.15) is 0 Å². The number of hydrogen-bond acceptors (Lipinski definition) is 5. The summed E-state index contributed by atoms with van der Waals surface area (Å²) in [4.78, 5) is 33.1. The van der Waals surface area contributed by atoms with E-state index < -0.39 is 11.1 Å². The van der Waals surface area contributed by atoms with Crippen molar-refractivity contribution < 1.29 is 19.1 Å². The van der Waals surface area contributed by atoms with Gasteiger partial charge >= 0.3 is 5.97 Å². The molecule has 1 spiro atoms. The summed E-state index contributed by atoms with van der Waals surface area (Å²) in [6, 6.07) is 16.3. The molecule has 0 bridgehead atoms. The molecule has 1 heterocycles. The lowest BCUT2D eigenvalue weighted by molar-refractivity contribution is -0.169. The van der Waals surface area contributed by atoms with Crippen LogP contribution in [0.1, 0.15) is 90.0 Å². The van der Waals surface area contributed by atoms with Crippen LogP contribution in [0.4, 0.5) is 0 Å². The molecule has 5 rings (SSSR count). The number of carbonyl (C=O) groups excluding carboxylic acids is 2. The summed E-state index contributed by atoms with van der Waals surface area (Å²) >= 11 is 0. The van der Waals surface area contributed by atoms with E-state index in [0.29, 0.717) is 31.7 Å². The molecule has 6 nitrogen and oxygen atoms in total. The SMILES string of the molecule is CCCCC1=NC2(CCCCC2)C(=O)N1Cc1ccc(-c2cccc(OC3(C(=O)OCC)CCC3)c2)cc1. The molecule has 0 atom stereocenters. The highest BCUT2D eigenvalue weighted by atomic mass is 16.6. The van der Waals surface area contributed by atoms with Crippen LogP contribution in [0, 0.1) is 0 Å². The van der Waals surface area contributed by atoms with Crippen molar-refractivity contribution in [2.75, 3.05) is 6.61 Å². The van der Waals surface area contributed by atoms with Crippen molar-refractivity contribution in [1.29, 1.82) is 0 Å². The largest absolute Gasteiger partial charge is 0.476 e. The van der Waals surface area contributed by atoms with Crippen molar-refractivity contribution >= 4 is 17.7 Å². The molecule has 3 aliphatic rings. The third-order valence-electron chi connectivity index (χ3n) is 8.32. The van der Waals surface area contributed by atoms with Gasteiger partial charge in [-0.25, -0.2) is 4.79 Å². The Bertz CT molecular complexity index is 1180. The van der Waals surface area contributed by atoms with E-state index in [9.17, 15) is 9.59 Å². The van der Waals surface area contributed by atoms with E-state index in [1.54, 1.807) is 0 Å². The molecule has 1 amide bonds. The van der Waals surface area contributed by atoms with Crippen LogP contribution in [0.25, 0.3) is 11.1 Å². The molecule has 0 N–H and O–H groups in total. The Morgan fingerprint density at radius 1 is 0.947 bits per heavy atom. The van der Waals surface area contributed by atoms with Gasteiger partial charge in [0.05, 0.1) is 13.2 Å². The summed E-state index contributed by atoms with van der Waals surface area (Å²) in [5.74, 6) is 1.58. The number of nitrogens with zero attached hydrogens (tertiary/aromatic N) is 2. The third kappa shape index (κ3) is 5.23. The van der Waals surface area contributed by atoms with Crippen LogP contribution in [0.2, 0.25) is 0 Å². The van der Waals surface area contributed by atoms with Crippen molar-refractivity contribution in [2.45, 2.75) is 102 Å². The number of esters is 1. The maximum atomic E-state index is 13.6. The van der Waals surface area contributed by atoms with Crippen LogP contribution in [-0.4, -0.2) is 40.4 Å². The Labute approximate surface area is 226 Å². The zero-order chi connectivity index (χ0) is 26.6. The summed E-state index contributed by atoms with van der Waals surface area (Å²) in [6.07, 6.45) is 10.5. The standard InChI is InChI=1S/C32H40N2O4/c1-3-5-13-28-33-31(18-7-6-8-19-31)29(35)34(28)23-24-14-16-25(17-15-24)26-11-9-12-27(22-26)38-32(20-10-21-32)30(36)37-4-2/h9,11-12,14-17,22H,3-8,10,13,18-21,23H2,1-2H3. The van der Waals surface area contributed by atoms with E-state index in [2.05, 4.69) is 31.2 Å². The smallest absolute Gasteiger partial charge is 0.350 e. The molecule has 0 saturated heterocycles. The summed E-state index contributed by atoms with van der Waals surface area (Å²) in [7, 11) is 0. The average Bonchev–Trinajstić information content (AvgIpc) is 3.16. The number of hydrogen-bond donors (Lipinski definition) is 0. The number of amidine groups is 1. The Morgan fingerprint density at radius 3 is 2.37 bits per heavy atom. The van der Waals surface area contributed by atoms with E-state index >= 15 is 0 Å². The van der Waals surface area contributed by atoms with Gasteiger partial charge in [0.2, 0.25) is 5.60 Å². The molecular formula is C32H40N2O4. The fourth-order valence-electron chi connectivity index (χ4n) is 5.93. The lowest BCUT2D eigenvalue weighted by Crippen LogP contribution is -2.51. The molecule has 6 heteroatoms. The van der Waals surface area contributed by atoms with Gasteiger partial charge < -0.3 is 9.47 Å². The van der Waals surface area contributed by atoms with Crippen molar-refractivity contribution in [2.24, 2.45) is 4.99 Å². The van der Waals surface area contributed by atoms with Crippen LogP contribution in [-0.2, 0) is 20.9 Å². The van der Waals surface area contributed by atoms with Crippen LogP contribution in [0.15, 0.2) is 53.5 Å². The number of aliphatic imine (C=N–C) groups is 1. The van der Waals surface area contributed by atoms with Crippen LogP contribution in [0.5, 0.6) is 5.75 Å². The van der Waals surface area contributed by atoms with Gasteiger partial charge in [-0.15, -0.1) is 0 Å². The molecule has 2 fully saturated rings. The molecule has 1 aliphatic heterocycles. The van der Waals surface area contributed by atoms with Crippen LogP contribution >= 0.6 is 0 Å². The predicted molar refractivity (Wildman–Crippen MR) is 149 cm³/mol. The minimum Gasteiger partial charge on any atom is -0.476 e. The molecule has 0 radical (unpaired) electrons. The summed E-state index contributed by atoms with van der Waals surface area (Å²) in [6.45, 7) is 4.92. The molecule has 2 aromatic rings. The molecule has 2 aromatic carbocycles. The number of rotatable bonds is 10. The second kappa shape index (κ2) is 11.3. The topological polar surface area (TPSA) is 68.2 Å². The molecule has 38 heavy (non-hydrogen) atoms. The number of amides is 1. The second-order valence-electron chi connectivity index (χ2n) is 11.0. The van der Waals surface area contributed by atoms with Gasteiger partial charge in [-0.05, 0) is 74.3 Å². The lowest BCUT2D eigenvalue weighted by Gasteiger charge is -2.39. The van der Waals surface area contributed by atoms with Gasteiger partial charge in [0.25, 0.3) is 5.91 Å². The van der Waals surface area contributed by atoms with Crippen molar-refractivity contribution in [3.8, 4) is 16.9 Å². The Morgan fingerprint density at radius 2 is 1.71 bits per heavy atom. The summed E-state index contributed by atoms with van der Waals surface area (Å²) in [5, 5.41) is 0. The molecular weight excluding hydrogens is 476 g/mol. The maximum Gasteiger partial charge on any atom is 0.350 e. The van der Waals surface area contributed by atoms with Gasteiger partial charge in [-0.1, -0.05) is 69.0 Å². The molecule has 2 saturated carbocycles.